The maximum atomic E-state index is 11.2. The van der Waals surface area contributed by atoms with Crippen LogP contribution in [0.2, 0.25) is 0 Å². The van der Waals surface area contributed by atoms with Gasteiger partial charge in [0.25, 0.3) is 0 Å². The summed E-state index contributed by atoms with van der Waals surface area (Å²) in [6.07, 6.45) is 1.85. The molecule has 1 heterocycles. The molecule has 1 unspecified atom stereocenters. The van der Waals surface area contributed by atoms with Crippen molar-refractivity contribution in [2.45, 2.75) is 25.8 Å². The van der Waals surface area contributed by atoms with Crippen molar-refractivity contribution in [1.82, 2.24) is 10.3 Å². The molecule has 1 atom stereocenters. The van der Waals surface area contributed by atoms with Crippen molar-refractivity contribution in [3.8, 4) is 0 Å². The SMILES string of the molecule is CCC(NC(=O)CC(=O)O)c1nccs1. The summed E-state index contributed by atoms with van der Waals surface area (Å²) in [7, 11) is 0. The van der Waals surface area contributed by atoms with Crippen molar-refractivity contribution in [2.75, 3.05) is 0 Å². The van der Waals surface area contributed by atoms with Crippen molar-refractivity contribution >= 4 is 23.2 Å². The maximum absolute atomic E-state index is 11.2. The van der Waals surface area contributed by atoms with Crippen LogP contribution in [-0.2, 0) is 9.59 Å². The number of rotatable bonds is 5. The summed E-state index contributed by atoms with van der Waals surface area (Å²) in [6, 6.07) is -0.183. The zero-order valence-corrected chi connectivity index (χ0v) is 9.08. The molecule has 0 aromatic carbocycles. The maximum Gasteiger partial charge on any atom is 0.312 e. The van der Waals surface area contributed by atoms with E-state index in [1.807, 2.05) is 12.3 Å². The number of carboxylic acid groups (broad SMARTS) is 1. The Labute approximate surface area is 91.1 Å². The lowest BCUT2D eigenvalue weighted by Gasteiger charge is -2.13. The van der Waals surface area contributed by atoms with Crippen LogP contribution in [0.4, 0.5) is 0 Å². The number of hydrogen-bond donors (Lipinski definition) is 2. The quantitative estimate of drug-likeness (QED) is 0.742. The van der Waals surface area contributed by atoms with Crippen LogP contribution < -0.4 is 5.32 Å². The molecule has 0 aliphatic heterocycles. The van der Waals surface area contributed by atoms with Gasteiger partial charge in [-0.25, -0.2) is 4.98 Å². The average molecular weight is 228 g/mol. The second kappa shape index (κ2) is 5.45. The average Bonchev–Trinajstić information content (AvgIpc) is 2.65. The minimum absolute atomic E-state index is 0.183. The van der Waals surface area contributed by atoms with Gasteiger partial charge in [-0.15, -0.1) is 11.3 Å². The summed E-state index contributed by atoms with van der Waals surface area (Å²) in [6.45, 7) is 1.91. The lowest BCUT2D eigenvalue weighted by Crippen LogP contribution is -2.29. The van der Waals surface area contributed by atoms with Crippen molar-refractivity contribution < 1.29 is 14.7 Å². The Morgan fingerprint density at radius 3 is 2.87 bits per heavy atom. The number of carbonyl (C=O) groups excluding carboxylic acids is 1. The number of hydrogen-bond acceptors (Lipinski definition) is 4. The first-order valence-corrected chi connectivity index (χ1v) is 5.42. The van der Waals surface area contributed by atoms with Gasteiger partial charge >= 0.3 is 5.97 Å². The smallest absolute Gasteiger partial charge is 0.312 e. The summed E-state index contributed by atoms with van der Waals surface area (Å²) in [4.78, 5) is 25.6. The van der Waals surface area contributed by atoms with Gasteiger partial charge in [0.15, 0.2) is 0 Å². The minimum Gasteiger partial charge on any atom is -0.481 e. The fourth-order valence-electron chi connectivity index (χ4n) is 1.13. The molecular formula is C9H12N2O3S. The molecule has 82 valence electrons. The third-order valence-electron chi connectivity index (χ3n) is 1.80. The fourth-order valence-corrected chi connectivity index (χ4v) is 1.90. The van der Waals surface area contributed by atoms with Crippen molar-refractivity contribution in [1.29, 1.82) is 0 Å². The monoisotopic (exact) mass is 228 g/mol. The van der Waals surface area contributed by atoms with Crippen LogP contribution in [0, 0.1) is 0 Å². The normalized spacial score (nSPS) is 12.1. The number of amides is 1. The van der Waals surface area contributed by atoms with E-state index < -0.39 is 18.3 Å². The van der Waals surface area contributed by atoms with Crippen LogP contribution in [0.5, 0.6) is 0 Å². The van der Waals surface area contributed by atoms with E-state index in [-0.39, 0.29) is 6.04 Å². The van der Waals surface area contributed by atoms with E-state index in [2.05, 4.69) is 10.3 Å². The standard InChI is InChI=1S/C9H12N2O3S/c1-2-6(9-10-3-4-15-9)11-7(12)5-8(13)14/h3-4,6H,2,5H2,1H3,(H,11,12)(H,13,14). The number of aliphatic carboxylic acids is 1. The van der Waals surface area contributed by atoms with Gasteiger partial charge < -0.3 is 10.4 Å². The molecule has 1 amide bonds. The van der Waals surface area contributed by atoms with E-state index >= 15 is 0 Å². The van der Waals surface area contributed by atoms with E-state index in [1.54, 1.807) is 6.20 Å². The second-order valence-corrected chi connectivity index (χ2v) is 3.90. The Bertz CT molecular complexity index is 337. The van der Waals surface area contributed by atoms with E-state index in [0.717, 1.165) is 5.01 Å². The van der Waals surface area contributed by atoms with Crippen LogP contribution in [0.3, 0.4) is 0 Å². The number of thiazole rings is 1. The van der Waals surface area contributed by atoms with E-state index in [0.29, 0.717) is 6.42 Å². The molecule has 1 aromatic rings. The first-order valence-electron chi connectivity index (χ1n) is 4.54. The molecule has 0 bridgehead atoms. The zero-order chi connectivity index (χ0) is 11.3. The van der Waals surface area contributed by atoms with Gasteiger partial charge in [-0.3, -0.25) is 9.59 Å². The lowest BCUT2D eigenvalue weighted by molar-refractivity contribution is -0.140. The highest BCUT2D eigenvalue weighted by Gasteiger charge is 2.16. The molecule has 6 heteroatoms. The van der Waals surface area contributed by atoms with Crippen LogP contribution in [-0.4, -0.2) is 22.0 Å². The van der Waals surface area contributed by atoms with E-state index in [9.17, 15) is 9.59 Å². The van der Waals surface area contributed by atoms with Crippen molar-refractivity contribution in [3.63, 3.8) is 0 Å². The Balaban J connectivity index is 2.54. The Hall–Kier alpha value is -1.43. The summed E-state index contributed by atoms with van der Waals surface area (Å²) in [5, 5.41) is 13.7. The largest absolute Gasteiger partial charge is 0.481 e. The molecular weight excluding hydrogens is 216 g/mol. The molecule has 0 saturated heterocycles. The minimum atomic E-state index is -1.12. The van der Waals surface area contributed by atoms with Crippen LogP contribution in [0.25, 0.3) is 0 Å². The highest BCUT2D eigenvalue weighted by atomic mass is 32.1. The van der Waals surface area contributed by atoms with Gasteiger partial charge in [0.1, 0.15) is 11.4 Å². The molecule has 1 rings (SSSR count). The molecule has 1 aromatic heterocycles. The second-order valence-electron chi connectivity index (χ2n) is 2.97. The van der Waals surface area contributed by atoms with Gasteiger partial charge in [-0.1, -0.05) is 6.92 Å². The van der Waals surface area contributed by atoms with Crippen LogP contribution >= 0.6 is 11.3 Å². The van der Waals surface area contributed by atoms with E-state index in [4.69, 9.17) is 5.11 Å². The fraction of sp³-hybridized carbons (Fsp3) is 0.444. The Morgan fingerprint density at radius 1 is 1.67 bits per heavy atom. The van der Waals surface area contributed by atoms with Crippen molar-refractivity contribution in [2.24, 2.45) is 0 Å². The predicted octanol–water partition coefficient (Wildman–Crippen LogP) is 1.19. The molecule has 2 N–H and O–H groups in total. The molecule has 5 nitrogen and oxygen atoms in total. The highest BCUT2D eigenvalue weighted by Crippen LogP contribution is 2.18. The molecule has 0 fully saturated rings. The third-order valence-corrected chi connectivity index (χ3v) is 2.69. The number of aromatic nitrogens is 1. The molecule has 0 aliphatic carbocycles. The Morgan fingerprint density at radius 2 is 2.40 bits per heavy atom. The molecule has 0 saturated carbocycles. The number of nitrogens with one attached hydrogen (secondary N) is 1. The topological polar surface area (TPSA) is 79.3 Å². The molecule has 0 aliphatic rings. The summed E-state index contributed by atoms with van der Waals surface area (Å²) >= 11 is 1.44. The third kappa shape index (κ3) is 3.67. The van der Waals surface area contributed by atoms with Gasteiger partial charge in [0, 0.05) is 11.6 Å². The lowest BCUT2D eigenvalue weighted by atomic mass is 10.2. The van der Waals surface area contributed by atoms with Gasteiger partial charge in [0.2, 0.25) is 5.91 Å². The number of carboxylic acids is 1. The van der Waals surface area contributed by atoms with Crippen LogP contribution in [0.1, 0.15) is 30.8 Å². The molecule has 15 heavy (non-hydrogen) atoms. The number of nitrogens with zero attached hydrogens (tertiary/aromatic N) is 1. The first-order chi connectivity index (χ1) is 7.13. The molecule has 0 radical (unpaired) electrons. The first kappa shape index (κ1) is 11.6. The molecule has 0 spiro atoms. The summed E-state index contributed by atoms with van der Waals surface area (Å²) in [5.41, 5.74) is 0. The van der Waals surface area contributed by atoms with Crippen LogP contribution in [0.15, 0.2) is 11.6 Å². The summed E-state index contributed by atoms with van der Waals surface area (Å²) < 4.78 is 0. The van der Waals surface area contributed by atoms with Gasteiger partial charge in [0.05, 0.1) is 6.04 Å². The van der Waals surface area contributed by atoms with Gasteiger partial charge in [-0.05, 0) is 6.42 Å². The highest BCUT2D eigenvalue weighted by molar-refractivity contribution is 7.09. The zero-order valence-electron chi connectivity index (χ0n) is 8.27. The predicted molar refractivity (Wildman–Crippen MR) is 55.5 cm³/mol. The number of carbonyl (C=O) groups is 2. The van der Waals surface area contributed by atoms with Crippen molar-refractivity contribution in [3.05, 3.63) is 16.6 Å². The Kier molecular flexibility index (Phi) is 4.23. The van der Waals surface area contributed by atoms with Gasteiger partial charge in [-0.2, -0.15) is 0 Å². The van der Waals surface area contributed by atoms with E-state index in [1.165, 1.54) is 11.3 Å². The summed E-state index contributed by atoms with van der Waals surface area (Å²) in [5.74, 6) is -1.61.